The zero-order valence-electron chi connectivity index (χ0n) is 11.6. The first-order valence-corrected chi connectivity index (χ1v) is 6.32. The highest BCUT2D eigenvalue weighted by Crippen LogP contribution is 2.25. The van der Waals surface area contributed by atoms with Crippen molar-refractivity contribution >= 4 is 0 Å². The Labute approximate surface area is 113 Å². The van der Waals surface area contributed by atoms with Gasteiger partial charge in [0, 0.05) is 18.8 Å². The lowest BCUT2D eigenvalue weighted by molar-refractivity contribution is 0.414. The van der Waals surface area contributed by atoms with Crippen molar-refractivity contribution in [3.63, 3.8) is 0 Å². The van der Waals surface area contributed by atoms with Crippen LogP contribution >= 0.6 is 0 Å². The Morgan fingerprint density at radius 3 is 2.58 bits per heavy atom. The monoisotopic (exact) mass is 260 g/mol. The molecule has 0 saturated carbocycles. The number of ether oxygens (including phenoxy) is 1. The molecular weight excluding hydrogens is 240 g/mol. The van der Waals surface area contributed by atoms with Gasteiger partial charge < -0.3 is 4.74 Å². The number of methoxy groups -OCH3 is 1. The average molecular weight is 260 g/mol. The summed E-state index contributed by atoms with van der Waals surface area (Å²) in [6.07, 6.45) is 2.89. The molecule has 1 aromatic heterocycles. The normalized spacial score (nSPS) is 12.4. The first-order valence-electron chi connectivity index (χ1n) is 6.32. The summed E-state index contributed by atoms with van der Waals surface area (Å²) in [5.74, 6) is 6.56. The van der Waals surface area contributed by atoms with Gasteiger partial charge in [0.25, 0.3) is 0 Å². The van der Waals surface area contributed by atoms with Gasteiger partial charge in [-0.15, -0.1) is 0 Å². The number of hydrogen-bond acceptors (Lipinski definition) is 4. The molecule has 0 aliphatic carbocycles. The van der Waals surface area contributed by atoms with Crippen molar-refractivity contribution < 1.29 is 4.74 Å². The molecule has 102 valence electrons. The molecule has 3 N–H and O–H groups in total. The Morgan fingerprint density at radius 1 is 1.37 bits per heavy atom. The number of nitrogens with zero attached hydrogens (tertiary/aromatic N) is 2. The summed E-state index contributed by atoms with van der Waals surface area (Å²) in [5, 5.41) is 4.45. The summed E-state index contributed by atoms with van der Waals surface area (Å²) in [7, 11) is 3.58. The number of benzene rings is 1. The largest absolute Gasteiger partial charge is 0.497 e. The SMILES string of the molecule is CCc1nn(C)cc1C(NN)c1ccc(OC)cc1. The summed E-state index contributed by atoms with van der Waals surface area (Å²) in [6.45, 7) is 2.09. The molecule has 0 radical (unpaired) electrons. The van der Waals surface area contributed by atoms with Crippen LogP contribution in [0.2, 0.25) is 0 Å². The van der Waals surface area contributed by atoms with Crippen molar-refractivity contribution in [2.24, 2.45) is 12.9 Å². The fourth-order valence-corrected chi connectivity index (χ4v) is 2.23. The molecule has 0 saturated heterocycles. The number of aromatic nitrogens is 2. The minimum Gasteiger partial charge on any atom is -0.497 e. The van der Waals surface area contributed by atoms with Gasteiger partial charge in [-0.05, 0) is 24.1 Å². The highest BCUT2D eigenvalue weighted by atomic mass is 16.5. The van der Waals surface area contributed by atoms with Gasteiger partial charge in [-0.2, -0.15) is 5.10 Å². The Hall–Kier alpha value is -1.85. The van der Waals surface area contributed by atoms with E-state index in [1.54, 1.807) is 7.11 Å². The van der Waals surface area contributed by atoms with Crippen molar-refractivity contribution in [3.8, 4) is 5.75 Å². The van der Waals surface area contributed by atoms with Gasteiger partial charge in [-0.3, -0.25) is 10.5 Å². The molecule has 1 atom stereocenters. The molecule has 5 heteroatoms. The summed E-state index contributed by atoms with van der Waals surface area (Å²) in [6, 6.07) is 7.82. The van der Waals surface area contributed by atoms with E-state index in [0.29, 0.717) is 0 Å². The number of rotatable bonds is 5. The van der Waals surface area contributed by atoms with Crippen LogP contribution in [-0.4, -0.2) is 16.9 Å². The van der Waals surface area contributed by atoms with Gasteiger partial charge in [0.05, 0.1) is 18.8 Å². The van der Waals surface area contributed by atoms with Crippen LogP contribution in [0.5, 0.6) is 5.75 Å². The van der Waals surface area contributed by atoms with Crippen LogP contribution in [0.15, 0.2) is 30.5 Å². The van der Waals surface area contributed by atoms with Crippen LogP contribution in [0.1, 0.15) is 29.8 Å². The molecule has 0 spiro atoms. The van der Waals surface area contributed by atoms with Gasteiger partial charge in [-0.1, -0.05) is 19.1 Å². The number of hydrazine groups is 1. The summed E-state index contributed by atoms with van der Waals surface area (Å²) in [4.78, 5) is 0. The van der Waals surface area contributed by atoms with E-state index in [0.717, 1.165) is 29.0 Å². The maximum Gasteiger partial charge on any atom is 0.118 e. The molecule has 1 heterocycles. The summed E-state index contributed by atoms with van der Waals surface area (Å²) < 4.78 is 6.99. The van der Waals surface area contributed by atoms with E-state index in [1.165, 1.54) is 0 Å². The fourth-order valence-electron chi connectivity index (χ4n) is 2.23. The minimum absolute atomic E-state index is 0.0606. The van der Waals surface area contributed by atoms with Gasteiger partial charge in [-0.25, -0.2) is 5.43 Å². The first kappa shape index (κ1) is 13.6. The van der Waals surface area contributed by atoms with Crippen LogP contribution < -0.4 is 16.0 Å². The fraction of sp³-hybridized carbons (Fsp3) is 0.357. The Morgan fingerprint density at radius 2 is 2.05 bits per heavy atom. The second-order valence-electron chi connectivity index (χ2n) is 4.43. The third-order valence-electron chi connectivity index (χ3n) is 3.20. The third-order valence-corrected chi connectivity index (χ3v) is 3.20. The van der Waals surface area contributed by atoms with Crippen LogP contribution in [-0.2, 0) is 13.5 Å². The Balaban J connectivity index is 2.37. The molecule has 2 rings (SSSR count). The Kier molecular flexibility index (Phi) is 4.19. The lowest BCUT2D eigenvalue weighted by Crippen LogP contribution is -2.29. The predicted octanol–water partition coefficient (Wildman–Crippen LogP) is 1.54. The lowest BCUT2D eigenvalue weighted by atomic mass is 9.99. The lowest BCUT2D eigenvalue weighted by Gasteiger charge is -2.16. The maximum absolute atomic E-state index is 5.72. The van der Waals surface area contributed by atoms with E-state index in [2.05, 4.69) is 17.4 Å². The molecule has 0 amide bonds. The van der Waals surface area contributed by atoms with E-state index in [-0.39, 0.29) is 6.04 Å². The first-order chi connectivity index (χ1) is 9.19. The molecule has 0 aliphatic heterocycles. The Bertz CT molecular complexity index is 533. The van der Waals surface area contributed by atoms with Crippen LogP contribution in [0, 0.1) is 0 Å². The second-order valence-corrected chi connectivity index (χ2v) is 4.43. The van der Waals surface area contributed by atoms with Gasteiger partial charge in [0.1, 0.15) is 5.75 Å². The van der Waals surface area contributed by atoms with Crippen LogP contribution in [0.3, 0.4) is 0 Å². The zero-order valence-corrected chi connectivity index (χ0v) is 11.6. The summed E-state index contributed by atoms with van der Waals surface area (Å²) >= 11 is 0. The minimum atomic E-state index is -0.0606. The van der Waals surface area contributed by atoms with E-state index in [4.69, 9.17) is 10.6 Å². The van der Waals surface area contributed by atoms with E-state index < -0.39 is 0 Å². The topological polar surface area (TPSA) is 65.1 Å². The molecule has 0 bridgehead atoms. The smallest absolute Gasteiger partial charge is 0.118 e. The highest BCUT2D eigenvalue weighted by Gasteiger charge is 2.18. The molecule has 0 aliphatic rings. The predicted molar refractivity (Wildman–Crippen MR) is 74.7 cm³/mol. The standard InChI is InChI=1S/C14H20N4O/c1-4-13-12(9-18(2)17-13)14(16-15)10-5-7-11(19-3)8-6-10/h5-9,14,16H,4,15H2,1-3H3. The number of nitrogens with two attached hydrogens (primary N) is 1. The van der Waals surface area contributed by atoms with E-state index in [1.807, 2.05) is 42.2 Å². The van der Waals surface area contributed by atoms with Crippen molar-refractivity contribution in [3.05, 3.63) is 47.3 Å². The molecule has 5 nitrogen and oxygen atoms in total. The maximum atomic E-state index is 5.72. The van der Waals surface area contributed by atoms with Crippen LogP contribution in [0.25, 0.3) is 0 Å². The number of hydrogen-bond donors (Lipinski definition) is 2. The van der Waals surface area contributed by atoms with Gasteiger partial charge >= 0.3 is 0 Å². The quantitative estimate of drug-likeness (QED) is 0.632. The van der Waals surface area contributed by atoms with Gasteiger partial charge in [0.15, 0.2) is 0 Å². The number of nitrogens with one attached hydrogen (secondary N) is 1. The highest BCUT2D eigenvalue weighted by molar-refractivity contribution is 5.36. The molecular formula is C14H20N4O. The second kappa shape index (κ2) is 5.86. The molecule has 2 aromatic rings. The molecule has 1 unspecified atom stereocenters. The van der Waals surface area contributed by atoms with E-state index in [9.17, 15) is 0 Å². The van der Waals surface area contributed by atoms with Crippen molar-refractivity contribution in [2.45, 2.75) is 19.4 Å². The van der Waals surface area contributed by atoms with Crippen molar-refractivity contribution in [1.82, 2.24) is 15.2 Å². The van der Waals surface area contributed by atoms with E-state index >= 15 is 0 Å². The van der Waals surface area contributed by atoms with Crippen molar-refractivity contribution in [2.75, 3.05) is 7.11 Å². The van der Waals surface area contributed by atoms with Crippen LogP contribution in [0.4, 0.5) is 0 Å². The zero-order chi connectivity index (χ0) is 13.8. The molecule has 19 heavy (non-hydrogen) atoms. The summed E-state index contributed by atoms with van der Waals surface area (Å²) in [5.41, 5.74) is 6.12. The molecule has 0 fully saturated rings. The average Bonchev–Trinajstić information content (AvgIpc) is 2.81. The van der Waals surface area contributed by atoms with Gasteiger partial charge in [0.2, 0.25) is 0 Å². The van der Waals surface area contributed by atoms with Crippen molar-refractivity contribution in [1.29, 1.82) is 0 Å². The molecule has 1 aromatic carbocycles. The number of aryl methyl sites for hydroxylation is 2. The third kappa shape index (κ3) is 2.77.